The van der Waals surface area contributed by atoms with Gasteiger partial charge in [0.05, 0.1) is 12.0 Å². The zero-order valence-electron chi connectivity index (χ0n) is 19.3. The number of methoxy groups -OCH3 is 1. The predicted octanol–water partition coefficient (Wildman–Crippen LogP) is 3.87. The highest BCUT2D eigenvalue weighted by atomic mass is 32.2. The van der Waals surface area contributed by atoms with Crippen LogP contribution in [0.4, 0.5) is 0 Å². The molecule has 0 spiro atoms. The number of aryl methyl sites for hydroxylation is 2. The number of hydrogen-bond donors (Lipinski definition) is 2. The third-order valence-electron chi connectivity index (χ3n) is 6.47. The van der Waals surface area contributed by atoms with Crippen LogP contribution < -0.4 is 9.46 Å². The number of amides is 1. The Morgan fingerprint density at radius 2 is 1.91 bits per heavy atom. The molecule has 1 fully saturated rings. The van der Waals surface area contributed by atoms with Gasteiger partial charge >= 0.3 is 0 Å². The number of carbonyl (C=O) groups is 1. The third-order valence-corrected chi connectivity index (χ3v) is 8.08. The maximum atomic E-state index is 12.7. The van der Waals surface area contributed by atoms with Crippen molar-refractivity contribution in [2.75, 3.05) is 26.7 Å². The fraction of sp³-hybridized carbons (Fsp3) is 0.400. The number of H-pyrrole nitrogens is 1. The zero-order chi connectivity index (χ0) is 23.6. The van der Waals surface area contributed by atoms with Gasteiger partial charge in [0.2, 0.25) is 15.9 Å². The Morgan fingerprint density at radius 3 is 2.64 bits per heavy atom. The fourth-order valence-electron chi connectivity index (χ4n) is 4.55. The number of aromatic amines is 1. The molecule has 1 saturated heterocycles. The first-order valence-corrected chi connectivity index (χ1v) is 12.8. The lowest BCUT2D eigenvalue weighted by atomic mass is 9.89. The monoisotopic (exact) mass is 469 g/mol. The van der Waals surface area contributed by atoms with Gasteiger partial charge < -0.3 is 14.6 Å². The molecule has 0 unspecified atom stereocenters. The molecule has 2 aromatic carbocycles. The molecule has 7 nitrogen and oxygen atoms in total. The van der Waals surface area contributed by atoms with Crippen molar-refractivity contribution in [2.45, 2.75) is 43.9 Å². The van der Waals surface area contributed by atoms with Gasteiger partial charge in [-0.1, -0.05) is 12.1 Å². The van der Waals surface area contributed by atoms with E-state index in [1.807, 2.05) is 30.0 Å². The second-order valence-electron chi connectivity index (χ2n) is 8.73. The van der Waals surface area contributed by atoms with Crippen LogP contribution in [0.1, 0.15) is 41.9 Å². The molecular formula is C25H31N3O4S. The molecule has 1 amide bonds. The van der Waals surface area contributed by atoms with Gasteiger partial charge in [-0.2, -0.15) is 0 Å². The van der Waals surface area contributed by atoms with E-state index in [4.69, 9.17) is 4.74 Å². The van der Waals surface area contributed by atoms with Crippen molar-refractivity contribution >= 4 is 26.8 Å². The van der Waals surface area contributed by atoms with Crippen LogP contribution in [0.25, 0.3) is 10.9 Å². The zero-order valence-corrected chi connectivity index (χ0v) is 20.2. The van der Waals surface area contributed by atoms with Gasteiger partial charge in [0.25, 0.3) is 0 Å². The normalized spacial score (nSPS) is 15.2. The number of sulfonamides is 1. The van der Waals surface area contributed by atoms with Crippen molar-refractivity contribution in [1.29, 1.82) is 0 Å². The van der Waals surface area contributed by atoms with Gasteiger partial charge in [-0.25, -0.2) is 13.1 Å². The third kappa shape index (κ3) is 5.07. The Bertz CT molecular complexity index is 1260. The molecule has 0 bridgehead atoms. The summed E-state index contributed by atoms with van der Waals surface area (Å²) in [5, 5.41) is 1.17. The molecule has 1 aliphatic heterocycles. The second-order valence-corrected chi connectivity index (χ2v) is 10.5. The quantitative estimate of drug-likeness (QED) is 0.550. The van der Waals surface area contributed by atoms with Crippen LogP contribution in [0.2, 0.25) is 0 Å². The summed E-state index contributed by atoms with van der Waals surface area (Å²) in [7, 11) is -1.97. The van der Waals surface area contributed by atoms with E-state index in [0.717, 1.165) is 29.7 Å². The summed E-state index contributed by atoms with van der Waals surface area (Å²) in [4.78, 5) is 18.1. The van der Waals surface area contributed by atoms with E-state index in [1.54, 1.807) is 26.2 Å². The average Bonchev–Trinajstić information content (AvgIpc) is 3.23. The number of carbonyl (C=O) groups excluding carboxylic acids is 1. The summed E-state index contributed by atoms with van der Waals surface area (Å²) in [6.07, 6.45) is 3.97. The molecule has 0 radical (unpaired) electrons. The number of rotatable bonds is 7. The molecule has 0 saturated carbocycles. The van der Waals surface area contributed by atoms with E-state index >= 15 is 0 Å². The first-order valence-electron chi connectivity index (χ1n) is 11.3. The molecule has 2 N–H and O–H groups in total. The summed E-state index contributed by atoms with van der Waals surface area (Å²) in [6, 6.07) is 11.4. The number of nitrogens with zero attached hydrogens (tertiary/aromatic N) is 1. The minimum atomic E-state index is -3.64. The Balaban J connectivity index is 1.31. The molecule has 8 heteroatoms. The lowest BCUT2D eigenvalue weighted by Gasteiger charge is -2.32. The summed E-state index contributed by atoms with van der Waals surface area (Å²) in [5.41, 5.74) is 3.92. The number of fused-ring (bicyclic) bond motifs is 1. The van der Waals surface area contributed by atoms with Crippen LogP contribution in [-0.4, -0.2) is 51.0 Å². The molecule has 176 valence electrons. The molecule has 1 aliphatic rings. The van der Waals surface area contributed by atoms with Crippen LogP contribution in [0.15, 0.2) is 47.5 Å². The Morgan fingerprint density at radius 1 is 1.15 bits per heavy atom. The lowest BCUT2D eigenvalue weighted by molar-refractivity contribution is -0.132. The van der Waals surface area contributed by atoms with Crippen molar-refractivity contribution in [2.24, 2.45) is 0 Å². The predicted molar refractivity (Wildman–Crippen MR) is 129 cm³/mol. The summed E-state index contributed by atoms with van der Waals surface area (Å²) in [6.45, 7) is 5.07. The minimum Gasteiger partial charge on any atom is -0.497 e. The molecule has 0 aliphatic carbocycles. The standard InChI is InChI=1S/C25H31N3O4S/c1-17-4-5-18(2)24(14-17)33(30,31)27-11-8-25(29)28-12-9-19(10-13-28)22-16-26-23-7-6-20(32-3)15-21(22)23/h4-7,14-16,19,26-27H,8-13H2,1-3H3. The van der Waals surface area contributed by atoms with Crippen LogP contribution in [0.5, 0.6) is 5.75 Å². The van der Waals surface area contributed by atoms with Crippen LogP contribution in [0.3, 0.4) is 0 Å². The summed E-state index contributed by atoms with van der Waals surface area (Å²) in [5.74, 6) is 1.19. The molecule has 3 aromatic rings. The van der Waals surface area contributed by atoms with Crippen molar-refractivity contribution in [3.63, 3.8) is 0 Å². The highest BCUT2D eigenvalue weighted by Crippen LogP contribution is 2.34. The average molecular weight is 470 g/mol. The van der Waals surface area contributed by atoms with Gasteiger partial charge in [0.1, 0.15) is 5.75 Å². The van der Waals surface area contributed by atoms with E-state index in [0.29, 0.717) is 24.6 Å². The molecule has 1 aromatic heterocycles. The van der Waals surface area contributed by atoms with E-state index in [9.17, 15) is 13.2 Å². The van der Waals surface area contributed by atoms with E-state index < -0.39 is 10.0 Å². The second kappa shape index (κ2) is 9.57. The van der Waals surface area contributed by atoms with Crippen molar-refractivity contribution in [3.05, 3.63) is 59.3 Å². The van der Waals surface area contributed by atoms with Gasteiger partial charge in [-0.3, -0.25) is 4.79 Å². The largest absolute Gasteiger partial charge is 0.497 e. The van der Waals surface area contributed by atoms with Gasteiger partial charge in [-0.05, 0) is 73.6 Å². The smallest absolute Gasteiger partial charge is 0.240 e. The highest BCUT2D eigenvalue weighted by Gasteiger charge is 2.26. The topological polar surface area (TPSA) is 91.5 Å². The molecule has 4 rings (SSSR count). The number of ether oxygens (including phenoxy) is 1. The molecule has 33 heavy (non-hydrogen) atoms. The number of piperidine rings is 1. The summed E-state index contributed by atoms with van der Waals surface area (Å²) < 4.78 is 33.2. The molecular weight excluding hydrogens is 438 g/mol. The fourth-order valence-corrected chi connectivity index (χ4v) is 5.91. The van der Waals surface area contributed by atoms with Crippen molar-refractivity contribution in [3.8, 4) is 5.75 Å². The van der Waals surface area contributed by atoms with Crippen LogP contribution in [0, 0.1) is 13.8 Å². The Kier molecular flexibility index (Phi) is 6.76. The van der Waals surface area contributed by atoms with Crippen LogP contribution in [-0.2, 0) is 14.8 Å². The van der Waals surface area contributed by atoms with Gasteiger partial charge in [0.15, 0.2) is 0 Å². The van der Waals surface area contributed by atoms with Gasteiger partial charge in [-0.15, -0.1) is 0 Å². The SMILES string of the molecule is COc1ccc2[nH]cc(C3CCN(C(=O)CCNS(=O)(=O)c4cc(C)ccc4C)CC3)c2c1. The van der Waals surface area contributed by atoms with Crippen molar-refractivity contribution in [1.82, 2.24) is 14.6 Å². The lowest BCUT2D eigenvalue weighted by Crippen LogP contribution is -2.39. The number of aromatic nitrogens is 1. The maximum Gasteiger partial charge on any atom is 0.240 e. The van der Waals surface area contributed by atoms with Crippen molar-refractivity contribution < 1.29 is 17.9 Å². The maximum absolute atomic E-state index is 12.7. The van der Waals surface area contributed by atoms with E-state index in [-0.39, 0.29) is 23.8 Å². The Labute approximate surface area is 195 Å². The number of likely N-dealkylation sites (tertiary alicyclic amines) is 1. The molecule has 0 atom stereocenters. The minimum absolute atomic E-state index is 0.0160. The number of hydrogen-bond acceptors (Lipinski definition) is 4. The van der Waals surface area contributed by atoms with E-state index in [1.165, 1.54) is 10.9 Å². The number of benzene rings is 2. The Hall–Kier alpha value is -2.84. The van der Waals surface area contributed by atoms with Crippen LogP contribution >= 0.6 is 0 Å². The molecule has 2 heterocycles. The summed E-state index contributed by atoms with van der Waals surface area (Å²) >= 11 is 0. The van der Waals surface area contributed by atoms with E-state index in [2.05, 4.69) is 22.0 Å². The first kappa shape index (κ1) is 23.3. The first-order chi connectivity index (χ1) is 15.8. The number of nitrogens with one attached hydrogen (secondary N) is 2. The van der Waals surface area contributed by atoms with Gasteiger partial charge in [0, 0.05) is 43.2 Å². The highest BCUT2D eigenvalue weighted by molar-refractivity contribution is 7.89.